The van der Waals surface area contributed by atoms with Crippen LogP contribution in [0, 0.1) is 12.8 Å². The Morgan fingerprint density at radius 3 is 2.78 bits per heavy atom. The van der Waals surface area contributed by atoms with Gasteiger partial charge in [-0.2, -0.15) is 0 Å². The van der Waals surface area contributed by atoms with Gasteiger partial charge in [-0.3, -0.25) is 9.59 Å². The maximum Gasteiger partial charge on any atom is 0.308 e. The number of carbonyl (C=O) groups is 2. The minimum atomic E-state index is -0.823. The molecule has 0 radical (unpaired) electrons. The number of aliphatic carboxylic acids is 1. The molecule has 1 fully saturated rings. The lowest BCUT2D eigenvalue weighted by molar-refractivity contribution is -0.141. The molecule has 96 valence electrons. The molecule has 1 aliphatic heterocycles. The standard InChI is InChI=1S/C13H14BrNO3/c1-8-10(3-2-4-11(8)14)12(16)15-6-5-9(7-15)13(17)18/h2-4,9H,5-7H2,1H3,(H,17,18). The predicted octanol–water partition coefficient (Wildman–Crippen LogP) is 2.30. The third kappa shape index (κ3) is 2.41. The fraction of sp³-hybridized carbons (Fsp3) is 0.385. The Bertz CT molecular complexity index is 501. The molecule has 1 atom stereocenters. The molecule has 1 N–H and O–H groups in total. The first-order chi connectivity index (χ1) is 8.50. The summed E-state index contributed by atoms with van der Waals surface area (Å²) in [5.74, 6) is -1.34. The van der Waals surface area contributed by atoms with Crippen LogP contribution in [0.15, 0.2) is 22.7 Å². The van der Waals surface area contributed by atoms with Gasteiger partial charge in [-0.15, -0.1) is 0 Å². The molecule has 1 aromatic rings. The molecular weight excluding hydrogens is 298 g/mol. The van der Waals surface area contributed by atoms with E-state index in [-0.39, 0.29) is 5.91 Å². The average molecular weight is 312 g/mol. The van der Waals surface area contributed by atoms with E-state index in [1.54, 1.807) is 11.0 Å². The molecule has 1 heterocycles. The fourth-order valence-corrected chi connectivity index (χ4v) is 2.52. The summed E-state index contributed by atoms with van der Waals surface area (Å²) < 4.78 is 0.891. The lowest BCUT2D eigenvalue weighted by Gasteiger charge is -2.17. The van der Waals surface area contributed by atoms with Crippen molar-refractivity contribution < 1.29 is 14.7 Å². The Balaban J connectivity index is 2.18. The third-order valence-electron chi connectivity index (χ3n) is 3.32. The summed E-state index contributed by atoms with van der Waals surface area (Å²) in [6.45, 7) is 2.70. The number of carbonyl (C=O) groups excluding carboxylic acids is 1. The van der Waals surface area contributed by atoms with Gasteiger partial charge in [-0.1, -0.05) is 22.0 Å². The van der Waals surface area contributed by atoms with E-state index in [4.69, 9.17) is 5.11 Å². The van der Waals surface area contributed by atoms with Gasteiger partial charge in [0.15, 0.2) is 0 Å². The molecule has 0 saturated carbocycles. The van der Waals surface area contributed by atoms with Gasteiger partial charge < -0.3 is 10.0 Å². The Kier molecular flexibility index (Phi) is 3.71. The highest BCUT2D eigenvalue weighted by Gasteiger charge is 2.31. The number of amides is 1. The summed E-state index contributed by atoms with van der Waals surface area (Å²) in [4.78, 5) is 24.8. The maximum atomic E-state index is 12.3. The Labute approximate surface area is 114 Å². The van der Waals surface area contributed by atoms with E-state index in [1.165, 1.54) is 0 Å². The summed E-state index contributed by atoms with van der Waals surface area (Å²) in [6.07, 6.45) is 0.536. The first-order valence-corrected chi connectivity index (χ1v) is 6.57. The number of halogens is 1. The fourth-order valence-electron chi connectivity index (χ4n) is 2.16. The maximum absolute atomic E-state index is 12.3. The van der Waals surface area contributed by atoms with E-state index in [0.717, 1.165) is 10.0 Å². The lowest BCUT2D eigenvalue weighted by atomic mass is 10.1. The van der Waals surface area contributed by atoms with E-state index < -0.39 is 11.9 Å². The third-order valence-corrected chi connectivity index (χ3v) is 4.18. The number of benzene rings is 1. The summed E-state index contributed by atoms with van der Waals surface area (Å²) in [7, 11) is 0. The van der Waals surface area contributed by atoms with Crippen LogP contribution in [0.1, 0.15) is 22.3 Å². The molecular formula is C13H14BrNO3. The number of hydrogen-bond acceptors (Lipinski definition) is 2. The summed E-state index contributed by atoms with van der Waals surface area (Å²) in [5, 5.41) is 8.94. The molecule has 1 saturated heterocycles. The SMILES string of the molecule is Cc1c(Br)cccc1C(=O)N1CCC(C(=O)O)C1. The van der Waals surface area contributed by atoms with Crippen molar-refractivity contribution in [2.75, 3.05) is 13.1 Å². The van der Waals surface area contributed by atoms with E-state index in [2.05, 4.69) is 15.9 Å². The monoisotopic (exact) mass is 311 g/mol. The number of likely N-dealkylation sites (tertiary alicyclic amines) is 1. The highest BCUT2D eigenvalue weighted by Crippen LogP contribution is 2.24. The molecule has 0 aliphatic carbocycles. The van der Waals surface area contributed by atoms with Crippen molar-refractivity contribution in [3.8, 4) is 0 Å². The second-order valence-corrected chi connectivity index (χ2v) is 5.34. The highest BCUT2D eigenvalue weighted by molar-refractivity contribution is 9.10. The topological polar surface area (TPSA) is 57.6 Å². The molecule has 5 heteroatoms. The first kappa shape index (κ1) is 13.1. The average Bonchev–Trinajstić information content (AvgIpc) is 2.81. The Morgan fingerprint density at radius 2 is 2.17 bits per heavy atom. The van der Waals surface area contributed by atoms with Gasteiger partial charge in [0.1, 0.15) is 0 Å². The first-order valence-electron chi connectivity index (χ1n) is 5.78. The van der Waals surface area contributed by atoms with E-state index in [0.29, 0.717) is 25.1 Å². The van der Waals surface area contributed by atoms with E-state index >= 15 is 0 Å². The molecule has 1 aliphatic rings. The molecule has 2 rings (SSSR count). The lowest BCUT2D eigenvalue weighted by Crippen LogP contribution is -2.30. The van der Waals surface area contributed by atoms with Gasteiger partial charge >= 0.3 is 5.97 Å². The number of nitrogens with zero attached hydrogens (tertiary/aromatic N) is 1. The second kappa shape index (κ2) is 5.10. The van der Waals surface area contributed by atoms with Crippen molar-refractivity contribution in [2.45, 2.75) is 13.3 Å². The largest absolute Gasteiger partial charge is 0.481 e. The highest BCUT2D eigenvalue weighted by atomic mass is 79.9. The zero-order valence-electron chi connectivity index (χ0n) is 10.0. The van der Waals surface area contributed by atoms with Gasteiger partial charge in [0.25, 0.3) is 5.91 Å². The summed E-state index contributed by atoms with van der Waals surface area (Å²) in [6, 6.07) is 5.47. The molecule has 18 heavy (non-hydrogen) atoms. The van der Waals surface area contributed by atoms with Crippen LogP contribution in [-0.2, 0) is 4.79 Å². The molecule has 1 aromatic carbocycles. The van der Waals surface area contributed by atoms with Crippen LogP contribution in [0.5, 0.6) is 0 Å². The molecule has 4 nitrogen and oxygen atoms in total. The smallest absolute Gasteiger partial charge is 0.308 e. The number of rotatable bonds is 2. The minimum absolute atomic E-state index is 0.0856. The zero-order valence-corrected chi connectivity index (χ0v) is 11.6. The van der Waals surface area contributed by atoms with Crippen LogP contribution >= 0.6 is 15.9 Å². The normalized spacial score (nSPS) is 19.0. The van der Waals surface area contributed by atoms with Crippen molar-refractivity contribution in [3.05, 3.63) is 33.8 Å². The van der Waals surface area contributed by atoms with Crippen LogP contribution in [0.4, 0.5) is 0 Å². The minimum Gasteiger partial charge on any atom is -0.481 e. The predicted molar refractivity (Wildman–Crippen MR) is 70.5 cm³/mol. The van der Waals surface area contributed by atoms with Crippen LogP contribution < -0.4 is 0 Å². The van der Waals surface area contributed by atoms with Gasteiger partial charge in [0, 0.05) is 23.1 Å². The Morgan fingerprint density at radius 1 is 1.44 bits per heavy atom. The Hall–Kier alpha value is -1.36. The molecule has 1 amide bonds. The van der Waals surface area contributed by atoms with Gasteiger partial charge in [-0.05, 0) is 31.0 Å². The van der Waals surface area contributed by atoms with Gasteiger partial charge in [0.05, 0.1) is 5.92 Å². The molecule has 0 spiro atoms. The van der Waals surface area contributed by atoms with Crippen LogP contribution in [0.2, 0.25) is 0 Å². The van der Waals surface area contributed by atoms with Crippen LogP contribution in [-0.4, -0.2) is 35.0 Å². The van der Waals surface area contributed by atoms with Crippen molar-refractivity contribution in [2.24, 2.45) is 5.92 Å². The van der Waals surface area contributed by atoms with Crippen molar-refractivity contribution in [3.63, 3.8) is 0 Å². The number of carboxylic acids is 1. The molecule has 0 bridgehead atoms. The zero-order chi connectivity index (χ0) is 13.3. The van der Waals surface area contributed by atoms with E-state index in [1.807, 2.05) is 19.1 Å². The summed E-state index contributed by atoms with van der Waals surface area (Å²) >= 11 is 3.39. The quantitative estimate of drug-likeness (QED) is 0.911. The number of carboxylic acid groups (broad SMARTS) is 1. The van der Waals surface area contributed by atoms with Crippen molar-refractivity contribution >= 4 is 27.8 Å². The molecule has 0 aromatic heterocycles. The van der Waals surface area contributed by atoms with Crippen LogP contribution in [0.3, 0.4) is 0 Å². The summed E-state index contributed by atoms with van der Waals surface area (Å²) in [5.41, 5.74) is 1.52. The van der Waals surface area contributed by atoms with E-state index in [9.17, 15) is 9.59 Å². The van der Waals surface area contributed by atoms with Gasteiger partial charge in [0.2, 0.25) is 0 Å². The second-order valence-electron chi connectivity index (χ2n) is 4.49. The van der Waals surface area contributed by atoms with Crippen molar-refractivity contribution in [1.82, 2.24) is 4.90 Å². The number of hydrogen-bond donors (Lipinski definition) is 1. The van der Waals surface area contributed by atoms with Crippen molar-refractivity contribution in [1.29, 1.82) is 0 Å². The van der Waals surface area contributed by atoms with Gasteiger partial charge in [-0.25, -0.2) is 0 Å². The van der Waals surface area contributed by atoms with Crippen LogP contribution in [0.25, 0.3) is 0 Å². The molecule has 1 unspecified atom stereocenters.